The zero-order valence-electron chi connectivity index (χ0n) is 11.5. The summed E-state index contributed by atoms with van der Waals surface area (Å²) in [5.74, 6) is 0.787. The van der Waals surface area contributed by atoms with Gasteiger partial charge in [0.05, 0.1) is 0 Å². The van der Waals surface area contributed by atoms with E-state index in [9.17, 15) is 0 Å². The number of likely N-dealkylation sites (tertiary alicyclic amines) is 1. The standard InChI is InChI=1S/C14H30N2/c1-4-13(2)14(15-3)12-16-10-8-6-5-7-9-11-16/h13-15H,4-12H2,1-3H3. The Morgan fingerprint density at radius 3 is 2.12 bits per heavy atom. The Balaban J connectivity index is 2.36. The predicted octanol–water partition coefficient (Wildman–Crippen LogP) is 2.89. The molecule has 0 aromatic carbocycles. The van der Waals surface area contributed by atoms with Gasteiger partial charge in [-0.05, 0) is 38.9 Å². The summed E-state index contributed by atoms with van der Waals surface area (Å²) < 4.78 is 0. The monoisotopic (exact) mass is 226 g/mol. The molecule has 2 nitrogen and oxygen atoms in total. The third kappa shape index (κ3) is 4.84. The average molecular weight is 226 g/mol. The normalized spacial score (nSPS) is 23.4. The van der Waals surface area contributed by atoms with Crippen molar-refractivity contribution in [2.24, 2.45) is 5.92 Å². The molecule has 0 aromatic heterocycles. The van der Waals surface area contributed by atoms with Crippen LogP contribution in [0, 0.1) is 5.92 Å². The van der Waals surface area contributed by atoms with Gasteiger partial charge in [0, 0.05) is 12.6 Å². The fraction of sp³-hybridized carbons (Fsp3) is 1.00. The van der Waals surface area contributed by atoms with Crippen LogP contribution in [0.5, 0.6) is 0 Å². The fourth-order valence-corrected chi connectivity index (χ4v) is 2.61. The molecule has 1 fully saturated rings. The van der Waals surface area contributed by atoms with Gasteiger partial charge in [-0.1, -0.05) is 39.5 Å². The highest BCUT2D eigenvalue weighted by atomic mass is 15.1. The van der Waals surface area contributed by atoms with E-state index in [0.29, 0.717) is 6.04 Å². The molecule has 1 saturated heterocycles. The lowest BCUT2D eigenvalue weighted by Crippen LogP contribution is -2.44. The van der Waals surface area contributed by atoms with Crippen LogP contribution in [0.25, 0.3) is 0 Å². The second-order valence-electron chi connectivity index (χ2n) is 5.35. The lowest BCUT2D eigenvalue weighted by atomic mass is 9.98. The van der Waals surface area contributed by atoms with E-state index in [0.717, 1.165) is 5.92 Å². The summed E-state index contributed by atoms with van der Waals surface area (Å²) in [6.07, 6.45) is 8.40. The minimum Gasteiger partial charge on any atom is -0.315 e. The first kappa shape index (κ1) is 14.0. The average Bonchev–Trinajstić information content (AvgIpc) is 2.27. The van der Waals surface area contributed by atoms with E-state index in [1.165, 1.54) is 58.2 Å². The number of hydrogen-bond acceptors (Lipinski definition) is 2. The van der Waals surface area contributed by atoms with Gasteiger partial charge in [-0.3, -0.25) is 0 Å². The van der Waals surface area contributed by atoms with Gasteiger partial charge in [-0.15, -0.1) is 0 Å². The first-order valence-corrected chi connectivity index (χ1v) is 7.17. The van der Waals surface area contributed by atoms with Crippen LogP contribution in [0.2, 0.25) is 0 Å². The molecule has 1 rings (SSSR count). The van der Waals surface area contributed by atoms with Gasteiger partial charge in [0.2, 0.25) is 0 Å². The van der Waals surface area contributed by atoms with E-state index < -0.39 is 0 Å². The minimum atomic E-state index is 0.671. The molecule has 2 heteroatoms. The molecule has 2 unspecified atom stereocenters. The molecule has 0 aliphatic carbocycles. The van der Waals surface area contributed by atoms with Gasteiger partial charge < -0.3 is 10.2 Å². The van der Waals surface area contributed by atoms with Gasteiger partial charge in [-0.25, -0.2) is 0 Å². The van der Waals surface area contributed by atoms with Crippen LogP contribution in [0.15, 0.2) is 0 Å². The summed E-state index contributed by atoms with van der Waals surface area (Å²) in [6.45, 7) is 8.53. The van der Waals surface area contributed by atoms with Crippen molar-refractivity contribution in [1.82, 2.24) is 10.2 Å². The Bertz CT molecular complexity index is 162. The molecule has 1 heterocycles. The lowest BCUT2D eigenvalue weighted by molar-refractivity contribution is 0.200. The summed E-state index contributed by atoms with van der Waals surface area (Å²) in [7, 11) is 2.11. The minimum absolute atomic E-state index is 0.671. The van der Waals surface area contributed by atoms with Gasteiger partial charge in [0.15, 0.2) is 0 Å². The van der Waals surface area contributed by atoms with Crippen molar-refractivity contribution >= 4 is 0 Å². The molecule has 0 amide bonds. The fourth-order valence-electron chi connectivity index (χ4n) is 2.61. The SMILES string of the molecule is CCC(C)C(CN1CCCCCCC1)NC. The topological polar surface area (TPSA) is 15.3 Å². The zero-order chi connectivity index (χ0) is 11.8. The maximum absolute atomic E-state index is 3.49. The van der Waals surface area contributed by atoms with Gasteiger partial charge in [0.25, 0.3) is 0 Å². The molecule has 1 aliphatic rings. The predicted molar refractivity (Wildman–Crippen MR) is 71.8 cm³/mol. The van der Waals surface area contributed by atoms with Gasteiger partial charge in [0.1, 0.15) is 0 Å². The van der Waals surface area contributed by atoms with E-state index >= 15 is 0 Å². The zero-order valence-corrected chi connectivity index (χ0v) is 11.5. The van der Waals surface area contributed by atoms with Crippen LogP contribution in [-0.2, 0) is 0 Å². The van der Waals surface area contributed by atoms with E-state index in [-0.39, 0.29) is 0 Å². The number of hydrogen-bond donors (Lipinski definition) is 1. The summed E-state index contributed by atoms with van der Waals surface area (Å²) in [5, 5.41) is 3.49. The first-order valence-electron chi connectivity index (χ1n) is 7.17. The lowest BCUT2D eigenvalue weighted by Gasteiger charge is -2.31. The van der Waals surface area contributed by atoms with Gasteiger partial charge in [-0.2, -0.15) is 0 Å². The summed E-state index contributed by atoms with van der Waals surface area (Å²) in [6, 6.07) is 0.671. The van der Waals surface area contributed by atoms with E-state index in [2.05, 4.69) is 31.1 Å². The Morgan fingerprint density at radius 2 is 1.62 bits per heavy atom. The number of nitrogens with one attached hydrogen (secondary N) is 1. The van der Waals surface area contributed by atoms with Crippen molar-refractivity contribution in [1.29, 1.82) is 0 Å². The smallest absolute Gasteiger partial charge is 0.0217 e. The second kappa shape index (κ2) is 8.08. The van der Waals surface area contributed by atoms with E-state index in [1.807, 2.05) is 0 Å². The summed E-state index contributed by atoms with van der Waals surface area (Å²) in [4.78, 5) is 2.67. The van der Waals surface area contributed by atoms with E-state index in [4.69, 9.17) is 0 Å². The van der Waals surface area contributed by atoms with Crippen LogP contribution in [0.1, 0.15) is 52.4 Å². The third-order valence-electron chi connectivity index (χ3n) is 4.11. The maximum Gasteiger partial charge on any atom is 0.0217 e. The second-order valence-corrected chi connectivity index (χ2v) is 5.35. The molecule has 0 spiro atoms. The number of nitrogens with zero attached hydrogens (tertiary/aromatic N) is 1. The van der Waals surface area contributed by atoms with Crippen molar-refractivity contribution < 1.29 is 0 Å². The van der Waals surface area contributed by atoms with Crippen molar-refractivity contribution in [3.8, 4) is 0 Å². The molecule has 1 N–H and O–H groups in total. The van der Waals surface area contributed by atoms with Crippen LogP contribution < -0.4 is 5.32 Å². The first-order chi connectivity index (χ1) is 7.77. The molecule has 0 radical (unpaired) electrons. The molecule has 96 valence electrons. The molecule has 2 atom stereocenters. The highest BCUT2D eigenvalue weighted by molar-refractivity contribution is 4.76. The molecule has 0 saturated carbocycles. The molecule has 1 aliphatic heterocycles. The van der Waals surface area contributed by atoms with Gasteiger partial charge >= 0.3 is 0 Å². The number of likely N-dealkylation sites (N-methyl/N-ethyl adjacent to an activating group) is 1. The number of rotatable bonds is 5. The van der Waals surface area contributed by atoms with Crippen molar-refractivity contribution in [3.63, 3.8) is 0 Å². The Hall–Kier alpha value is -0.0800. The van der Waals surface area contributed by atoms with Crippen LogP contribution in [0.3, 0.4) is 0 Å². The molecule has 16 heavy (non-hydrogen) atoms. The molecule has 0 bridgehead atoms. The Kier molecular flexibility index (Phi) is 7.06. The molecule has 0 aromatic rings. The largest absolute Gasteiger partial charge is 0.315 e. The highest BCUT2D eigenvalue weighted by Crippen LogP contribution is 2.14. The molecular formula is C14H30N2. The van der Waals surface area contributed by atoms with E-state index in [1.54, 1.807) is 0 Å². The van der Waals surface area contributed by atoms with Crippen LogP contribution in [0.4, 0.5) is 0 Å². The van der Waals surface area contributed by atoms with Crippen LogP contribution >= 0.6 is 0 Å². The van der Waals surface area contributed by atoms with Crippen molar-refractivity contribution in [2.75, 3.05) is 26.7 Å². The highest BCUT2D eigenvalue weighted by Gasteiger charge is 2.17. The Morgan fingerprint density at radius 1 is 1.06 bits per heavy atom. The Labute approximate surface area is 102 Å². The maximum atomic E-state index is 3.49. The third-order valence-corrected chi connectivity index (χ3v) is 4.11. The quantitative estimate of drug-likeness (QED) is 0.775. The van der Waals surface area contributed by atoms with Crippen LogP contribution in [-0.4, -0.2) is 37.6 Å². The summed E-state index contributed by atoms with van der Waals surface area (Å²) >= 11 is 0. The molecular weight excluding hydrogens is 196 g/mol. The van der Waals surface area contributed by atoms with Crippen molar-refractivity contribution in [2.45, 2.75) is 58.4 Å². The van der Waals surface area contributed by atoms with Crippen molar-refractivity contribution in [3.05, 3.63) is 0 Å². The summed E-state index contributed by atoms with van der Waals surface area (Å²) in [5.41, 5.74) is 0.